The number of hydrogen-bond donors (Lipinski definition) is 1. The number of nitrogens with zero attached hydrogens (tertiary/aromatic N) is 2. The van der Waals surface area contributed by atoms with Gasteiger partial charge in [-0.2, -0.15) is 4.58 Å². The molecule has 2 heterocycles. The average molecular weight is 741 g/mol. The van der Waals surface area contributed by atoms with Crippen LogP contribution in [0.3, 0.4) is 0 Å². The van der Waals surface area contributed by atoms with Gasteiger partial charge in [0, 0.05) is 47.7 Å². The summed E-state index contributed by atoms with van der Waals surface area (Å²) in [6.07, 6.45) is 13.0. The standard InChI is InChI=1S/C42H49N2O2.HI/c1-7-43-36-18-11-9-16-34(36)41(3,4)38(43)26-22-31-14-13-15-32(40(31)46-33-24-20-30(21-25-33)28-29-45)23-27-39-42(5,6)35-17-10-12-19-37(35)44(39)8-2;/h9-12,16-27,45H,7-8,13-15,28-29H2,1-6H3;1H/q+1;/p-1. The van der Waals surface area contributed by atoms with Gasteiger partial charge in [-0.15, -0.1) is 0 Å². The van der Waals surface area contributed by atoms with E-state index in [0.717, 1.165) is 49.4 Å². The van der Waals surface area contributed by atoms with Gasteiger partial charge >= 0.3 is 0 Å². The van der Waals surface area contributed by atoms with E-state index < -0.39 is 0 Å². The number of likely N-dealkylation sites (N-methyl/N-ethyl adjacent to an activating group) is 1. The molecule has 3 aliphatic rings. The number of aliphatic hydroxyl groups is 1. The topological polar surface area (TPSA) is 35.7 Å². The molecule has 5 heteroatoms. The highest BCUT2D eigenvalue weighted by Gasteiger charge is 2.43. The molecule has 3 aromatic carbocycles. The molecule has 4 nitrogen and oxygen atoms in total. The van der Waals surface area contributed by atoms with Gasteiger partial charge < -0.3 is 38.7 Å². The van der Waals surface area contributed by atoms with Crippen LogP contribution in [0.25, 0.3) is 0 Å². The predicted molar refractivity (Wildman–Crippen MR) is 191 cm³/mol. The molecule has 0 amide bonds. The Bertz CT molecular complexity index is 1770. The lowest BCUT2D eigenvalue weighted by Gasteiger charge is -2.26. The van der Waals surface area contributed by atoms with Crippen LogP contribution in [0.2, 0.25) is 0 Å². The van der Waals surface area contributed by atoms with E-state index in [9.17, 15) is 5.11 Å². The molecule has 0 radical (unpaired) electrons. The van der Waals surface area contributed by atoms with Crippen LogP contribution in [-0.2, 0) is 17.3 Å². The highest BCUT2D eigenvalue weighted by atomic mass is 127. The van der Waals surface area contributed by atoms with Crippen LogP contribution in [0.5, 0.6) is 5.75 Å². The lowest BCUT2D eigenvalue weighted by atomic mass is 9.81. The molecule has 6 rings (SSSR count). The summed E-state index contributed by atoms with van der Waals surface area (Å²) >= 11 is 0. The molecule has 0 atom stereocenters. The molecule has 0 saturated heterocycles. The molecule has 0 bridgehead atoms. The van der Waals surface area contributed by atoms with Crippen molar-refractivity contribution in [2.45, 2.75) is 78.1 Å². The number of rotatable bonds is 9. The van der Waals surface area contributed by atoms with Crippen molar-refractivity contribution in [1.82, 2.24) is 0 Å². The smallest absolute Gasteiger partial charge is 0.209 e. The Balaban J connectivity index is 0.00000433. The molecule has 0 spiro atoms. The monoisotopic (exact) mass is 740 g/mol. The zero-order chi connectivity index (χ0) is 32.5. The number of anilines is 1. The molecule has 2 aliphatic heterocycles. The zero-order valence-corrected chi connectivity index (χ0v) is 31.0. The van der Waals surface area contributed by atoms with Gasteiger partial charge in [0.15, 0.2) is 5.71 Å². The number of ether oxygens (including phenoxy) is 1. The van der Waals surface area contributed by atoms with Crippen LogP contribution in [0.15, 0.2) is 120 Å². The Morgan fingerprint density at radius 3 is 2.23 bits per heavy atom. The van der Waals surface area contributed by atoms with Gasteiger partial charge in [-0.1, -0.05) is 68.5 Å². The number of para-hydroxylation sites is 2. The Hall–Kier alpha value is -3.42. The van der Waals surface area contributed by atoms with Gasteiger partial charge in [-0.05, 0) is 106 Å². The van der Waals surface area contributed by atoms with E-state index in [1.54, 1.807) is 0 Å². The second-order valence-electron chi connectivity index (χ2n) is 13.7. The summed E-state index contributed by atoms with van der Waals surface area (Å²) < 4.78 is 9.26. The molecule has 246 valence electrons. The van der Waals surface area contributed by atoms with Gasteiger partial charge in [0.05, 0.1) is 5.41 Å². The summed E-state index contributed by atoms with van der Waals surface area (Å²) in [5.74, 6) is 1.78. The highest BCUT2D eigenvalue weighted by Crippen LogP contribution is 2.47. The number of aliphatic hydroxyl groups excluding tert-OH is 1. The third-order valence-electron chi connectivity index (χ3n) is 10.1. The zero-order valence-electron chi connectivity index (χ0n) is 28.8. The van der Waals surface area contributed by atoms with Crippen LogP contribution in [0.1, 0.15) is 77.5 Å². The molecule has 1 N–H and O–H groups in total. The molecule has 0 saturated carbocycles. The summed E-state index contributed by atoms with van der Waals surface area (Å²) in [4.78, 5) is 2.45. The number of benzene rings is 3. The molecule has 0 fully saturated rings. The fourth-order valence-electron chi connectivity index (χ4n) is 7.65. The fourth-order valence-corrected chi connectivity index (χ4v) is 7.65. The van der Waals surface area contributed by atoms with Crippen LogP contribution < -0.4 is 33.6 Å². The Morgan fingerprint density at radius 1 is 0.830 bits per heavy atom. The summed E-state index contributed by atoms with van der Waals surface area (Å²) in [7, 11) is 0. The Labute approximate surface area is 298 Å². The van der Waals surface area contributed by atoms with Gasteiger partial charge in [0.25, 0.3) is 0 Å². The average Bonchev–Trinajstić information content (AvgIpc) is 3.42. The van der Waals surface area contributed by atoms with Crippen molar-refractivity contribution >= 4 is 17.1 Å². The van der Waals surface area contributed by atoms with E-state index in [-0.39, 0.29) is 41.4 Å². The van der Waals surface area contributed by atoms with Crippen molar-refractivity contribution in [2.75, 3.05) is 24.6 Å². The molecule has 0 aromatic heterocycles. The number of hydrogen-bond acceptors (Lipinski definition) is 3. The number of fused-ring (bicyclic) bond motifs is 2. The third kappa shape index (κ3) is 6.54. The van der Waals surface area contributed by atoms with Crippen molar-refractivity contribution < 1.29 is 38.4 Å². The van der Waals surface area contributed by atoms with E-state index in [1.165, 1.54) is 45.1 Å². The van der Waals surface area contributed by atoms with Gasteiger partial charge in [0.1, 0.15) is 18.1 Å². The Morgan fingerprint density at radius 2 is 1.53 bits per heavy atom. The van der Waals surface area contributed by atoms with E-state index in [1.807, 2.05) is 12.1 Å². The molecular formula is C42H49IN2O2. The van der Waals surface area contributed by atoms with E-state index in [0.29, 0.717) is 6.42 Å². The molecule has 1 aliphatic carbocycles. The molecule has 0 unspecified atom stereocenters. The van der Waals surface area contributed by atoms with Crippen LogP contribution in [-0.4, -0.2) is 35.1 Å². The highest BCUT2D eigenvalue weighted by molar-refractivity contribution is 6.03. The van der Waals surface area contributed by atoms with Crippen molar-refractivity contribution in [3.05, 3.63) is 136 Å². The van der Waals surface area contributed by atoms with Gasteiger partial charge in [-0.3, -0.25) is 0 Å². The second kappa shape index (κ2) is 14.4. The minimum atomic E-state index is -0.0857. The first-order valence-corrected chi connectivity index (χ1v) is 17.0. The van der Waals surface area contributed by atoms with E-state index >= 15 is 0 Å². The van der Waals surface area contributed by atoms with Crippen LogP contribution >= 0.6 is 0 Å². The quantitative estimate of drug-likeness (QED) is 0.206. The lowest BCUT2D eigenvalue weighted by Crippen LogP contribution is -3.00. The SMILES string of the molecule is CCN1/C(=C/C=C2\CCCC(/C=C/C3=[N+](CC)c4ccccc4C3(C)C)=C2Oc2ccc(CCO)cc2)C(C)(C)c2ccccc21.[I-]. The predicted octanol–water partition coefficient (Wildman–Crippen LogP) is 6.32. The van der Waals surface area contributed by atoms with E-state index in [2.05, 4.69) is 136 Å². The van der Waals surface area contributed by atoms with Gasteiger partial charge in [0.2, 0.25) is 5.69 Å². The minimum absolute atomic E-state index is 0. The van der Waals surface area contributed by atoms with Crippen molar-refractivity contribution in [1.29, 1.82) is 0 Å². The second-order valence-corrected chi connectivity index (χ2v) is 13.7. The summed E-state index contributed by atoms with van der Waals surface area (Å²) in [5.41, 5.74) is 11.4. The molecular weight excluding hydrogens is 691 g/mol. The first-order valence-electron chi connectivity index (χ1n) is 17.0. The molecule has 3 aromatic rings. The maximum Gasteiger partial charge on any atom is 0.209 e. The number of halogens is 1. The van der Waals surface area contributed by atoms with Crippen LogP contribution in [0, 0.1) is 0 Å². The summed E-state index contributed by atoms with van der Waals surface area (Å²) in [6, 6.07) is 25.8. The number of allylic oxidation sites excluding steroid dienone is 7. The van der Waals surface area contributed by atoms with Crippen molar-refractivity contribution in [3.63, 3.8) is 0 Å². The largest absolute Gasteiger partial charge is 1.00 e. The van der Waals surface area contributed by atoms with Crippen LogP contribution in [0.4, 0.5) is 11.4 Å². The summed E-state index contributed by atoms with van der Waals surface area (Å²) in [6.45, 7) is 15.8. The van der Waals surface area contributed by atoms with E-state index in [4.69, 9.17) is 4.74 Å². The van der Waals surface area contributed by atoms with Gasteiger partial charge in [-0.25, -0.2) is 0 Å². The molecule has 47 heavy (non-hydrogen) atoms. The normalized spacial score (nSPS) is 19.9. The van der Waals surface area contributed by atoms with Crippen molar-refractivity contribution in [3.8, 4) is 5.75 Å². The van der Waals surface area contributed by atoms with Crippen molar-refractivity contribution in [2.24, 2.45) is 0 Å². The summed E-state index contributed by atoms with van der Waals surface area (Å²) in [5, 5.41) is 9.41. The first-order chi connectivity index (χ1) is 22.2. The first kappa shape index (κ1) is 34.9. The fraction of sp³-hybridized carbons (Fsp3) is 0.357. The maximum atomic E-state index is 9.41. The maximum absolute atomic E-state index is 9.41. The Kier molecular flexibility index (Phi) is 10.7. The minimum Gasteiger partial charge on any atom is -1.00 e. The third-order valence-corrected chi connectivity index (χ3v) is 10.1. The lowest BCUT2D eigenvalue weighted by molar-refractivity contribution is -0.433.